The Bertz CT molecular complexity index is 580. The van der Waals surface area contributed by atoms with Gasteiger partial charge in [-0.25, -0.2) is 9.78 Å². The van der Waals surface area contributed by atoms with Gasteiger partial charge in [0.1, 0.15) is 11.5 Å². The maximum absolute atomic E-state index is 10.9. The lowest BCUT2D eigenvalue weighted by Gasteiger charge is -2.08. The summed E-state index contributed by atoms with van der Waals surface area (Å²) >= 11 is 0. The lowest BCUT2D eigenvalue weighted by Crippen LogP contribution is -2.02. The Morgan fingerprint density at radius 2 is 2.18 bits per heavy atom. The summed E-state index contributed by atoms with van der Waals surface area (Å²) in [5, 5.41) is 19.0. The van der Waals surface area contributed by atoms with Gasteiger partial charge in [0.15, 0.2) is 5.69 Å². The molecular weight excluding hydrogens is 222 g/mol. The average Bonchev–Trinajstić information content (AvgIpc) is 2.28. The number of carbonyl (C=O) groups is 1. The predicted molar refractivity (Wildman–Crippen MR) is 61.5 cm³/mol. The molecule has 17 heavy (non-hydrogen) atoms. The second-order valence-corrected chi connectivity index (χ2v) is 3.45. The lowest BCUT2D eigenvalue weighted by atomic mass is 10.1. The van der Waals surface area contributed by atoms with Gasteiger partial charge < -0.3 is 14.9 Å². The molecule has 0 amide bonds. The Morgan fingerprint density at radius 1 is 1.41 bits per heavy atom. The predicted octanol–water partition coefficient (Wildman–Crippen LogP) is 2.04. The summed E-state index contributed by atoms with van der Waals surface area (Å²) in [4.78, 5) is 14.8. The van der Waals surface area contributed by atoms with E-state index in [2.05, 4.69) is 4.98 Å². The van der Waals surface area contributed by atoms with Crippen LogP contribution in [0.4, 0.5) is 0 Å². The van der Waals surface area contributed by atoms with Crippen LogP contribution in [0.5, 0.6) is 11.5 Å². The number of rotatable bonds is 3. The molecule has 1 aromatic heterocycles. The van der Waals surface area contributed by atoms with E-state index in [-0.39, 0.29) is 11.4 Å². The molecule has 0 atom stereocenters. The SMILES string of the molecule is CCOc1cc(C(=O)O)nc2cc(O)ccc12. The zero-order valence-electron chi connectivity index (χ0n) is 9.17. The average molecular weight is 233 g/mol. The largest absolute Gasteiger partial charge is 0.508 e. The normalized spacial score (nSPS) is 10.4. The maximum atomic E-state index is 10.9. The van der Waals surface area contributed by atoms with Gasteiger partial charge in [-0.1, -0.05) is 0 Å². The molecule has 0 saturated heterocycles. The van der Waals surface area contributed by atoms with Crippen LogP contribution in [0.2, 0.25) is 0 Å². The van der Waals surface area contributed by atoms with Gasteiger partial charge >= 0.3 is 5.97 Å². The number of aromatic hydroxyl groups is 1. The number of phenols is 1. The molecule has 5 nitrogen and oxygen atoms in total. The number of pyridine rings is 1. The standard InChI is InChI=1S/C12H11NO4/c1-2-17-11-6-10(12(15)16)13-9-5-7(14)3-4-8(9)11/h3-6,14H,2H2,1H3,(H,15,16). The minimum absolute atomic E-state index is 0.0370. The molecule has 0 saturated carbocycles. The van der Waals surface area contributed by atoms with Gasteiger partial charge in [0.05, 0.1) is 12.1 Å². The third-order valence-corrected chi connectivity index (χ3v) is 2.27. The molecule has 1 aromatic carbocycles. The monoisotopic (exact) mass is 233 g/mol. The summed E-state index contributed by atoms with van der Waals surface area (Å²) < 4.78 is 5.36. The third kappa shape index (κ3) is 2.13. The van der Waals surface area contributed by atoms with Crippen LogP contribution in [0.15, 0.2) is 24.3 Å². The van der Waals surface area contributed by atoms with E-state index in [4.69, 9.17) is 9.84 Å². The number of benzene rings is 1. The molecule has 2 aromatic rings. The fourth-order valence-electron chi connectivity index (χ4n) is 1.57. The first-order valence-corrected chi connectivity index (χ1v) is 5.11. The number of carboxylic acids is 1. The van der Waals surface area contributed by atoms with Crippen molar-refractivity contribution < 1.29 is 19.7 Å². The number of hydrogen-bond acceptors (Lipinski definition) is 4. The molecule has 0 unspecified atom stereocenters. The van der Waals surface area contributed by atoms with Gasteiger partial charge in [-0.05, 0) is 19.1 Å². The van der Waals surface area contributed by atoms with Crippen molar-refractivity contribution in [2.24, 2.45) is 0 Å². The summed E-state index contributed by atoms with van der Waals surface area (Å²) in [6.45, 7) is 2.24. The van der Waals surface area contributed by atoms with Crippen LogP contribution in [0.25, 0.3) is 10.9 Å². The third-order valence-electron chi connectivity index (χ3n) is 2.27. The highest BCUT2D eigenvalue weighted by molar-refractivity contribution is 5.93. The van der Waals surface area contributed by atoms with Crippen molar-refractivity contribution in [2.45, 2.75) is 6.92 Å². The lowest BCUT2D eigenvalue weighted by molar-refractivity contribution is 0.0690. The summed E-state index contributed by atoms with van der Waals surface area (Å²) in [6.07, 6.45) is 0. The fraction of sp³-hybridized carbons (Fsp3) is 0.167. The van der Waals surface area contributed by atoms with Crippen LogP contribution < -0.4 is 4.74 Å². The molecule has 0 fully saturated rings. The Morgan fingerprint density at radius 3 is 2.82 bits per heavy atom. The summed E-state index contributed by atoms with van der Waals surface area (Å²) in [5.74, 6) is -0.638. The Hall–Kier alpha value is -2.30. The topological polar surface area (TPSA) is 79.7 Å². The highest BCUT2D eigenvalue weighted by Gasteiger charge is 2.11. The van der Waals surface area contributed by atoms with E-state index in [9.17, 15) is 9.90 Å². The number of fused-ring (bicyclic) bond motifs is 1. The summed E-state index contributed by atoms with van der Waals surface area (Å²) in [7, 11) is 0. The van der Waals surface area contributed by atoms with Gasteiger partial charge in [0.2, 0.25) is 0 Å². The summed E-state index contributed by atoms with van der Waals surface area (Å²) in [5.41, 5.74) is 0.292. The quantitative estimate of drug-likeness (QED) is 0.847. The molecular formula is C12H11NO4. The maximum Gasteiger partial charge on any atom is 0.354 e. The number of aromatic nitrogens is 1. The number of phenolic OH excluding ortho intramolecular Hbond substituents is 1. The minimum atomic E-state index is -1.13. The van der Waals surface area contributed by atoms with Crippen molar-refractivity contribution in [2.75, 3.05) is 6.61 Å². The molecule has 0 bridgehead atoms. The Kier molecular flexibility index (Phi) is 2.82. The molecule has 1 heterocycles. The number of nitrogens with zero attached hydrogens (tertiary/aromatic N) is 1. The second kappa shape index (κ2) is 4.29. The number of carboxylic acid groups (broad SMARTS) is 1. The van der Waals surface area contributed by atoms with E-state index < -0.39 is 5.97 Å². The minimum Gasteiger partial charge on any atom is -0.508 e. The van der Waals surface area contributed by atoms with Crippen LogP contribution in [0, 0.1) is 0 Å². The van der Waals surface area contributed by atoms with E-state index in [0.717, 1.165) is 0 Å². The smallest absolute Gasteiger partial charge is 0.354 e. The van der Waals surface area contributed by atoms with Gasteiger partial charge in [0.25, 0.3) is 0 Å². The van der Waals surface area contributed by atoms with Crippen molar-refractivity contribution in [3.05, 3.63) is 30.0 Å². The molecule has 2 N–H and O–H groups in total. The molecule has 0 aliphatic carbocycles. The van der Waals surface area contributed by atoms with Crippen LogP contribution in [-0.2, 0) is 0 Å². The molecule has 2 rings (SSSR count). The van der Waals surface area contributed by atoms with E-state index in [0.29, 0.717) is 23.3 Å². The van der Waals surface area contributed by atoms with Crippen molar-refractivity contribution >= 4 is 16.9 Å². The molecule has 0 aliphatic heterocycles. The van der Waals surface area contributed by atoms with Gasteiger partial charge in [0, 0.05) is 17.5 Å². The van der Waals surface area contributed by atoms with Crippen LogP contribution in [0.1, 0.15) is 17.4 Å². The first-order valence-electron chi connectivity index (χ1n) is 5.11. The van der Waals surface area contributed by atoms with Crippen molar-refractivity contribution in [3.8, 4) is 11.5 Å². The van der Waals surface area contributed by atoms with Crippen LogP contribution >= 0.6 is 0 Å². The zero-order chi connectivity index (χ0) is 12.4. The van der Waals surface area contributed by atoms with Crippen molar-refractivity contribution in [1.29, 1.82) is 0 Å². The van der Waals surface area contributed by atoms with E-state index in [1.54, 1.807) is 6.07 Å². The number of hydrogen-bond donors (Lipinski definition) is 2. The van der Waals surface area contributed by atoms with Gasteiger partial charge in [-0.15, -0.1) is 0 Å². The molecule has 0 spiro atoms. The van der Waals surface area contributed by atoms with Gasteiger partial charge in [-0.3, -0.25) is 0 Å². The van der Waals surface area contributed by atoms with Crippen molar-refractivity contribution in [1.82, 2.24) is 4.98 Å². The van der Waals surface area contributed by atoms with E-state index in [1.807, 2.05) is 6.92 Å². The molecule has 88 valence electrons. The second-order valence-electron chi connectivity index (χ2n) is 3.45. The number of ether oxygens (including phenoxy) is 1. The summed E-state index contributed by atoms with van der Waals surface area (Å²) in [6, 6.07) is 5.94. The molecule has 0 radical (unpaired) electrons. The van der Waals surface area contributed by atoms with Gasteiger partial charge in [-0.2, -0.15) is 0 Å². The zero-order valence-corrected chi connectivity index (χ0v) is 9.17. The highest BCUT2D eigenvalue weighted by atomic mass is 16.5. The van der Waals surface area contributed by atoms with E-state index >= 15 is 0 Å². The molecule has 5 heteroatoms. The number of aromatic carboxylic acids is 1. The van der Waals surface area contributed by atoms with E-state index in [1.165, 1.54) is 18.2 Å². The first-order chi connectivity index (χ1) is 8.11. The van der Waals surface area contributed by atoms with Crippen molar-refractivity contribution in [3.63, 3.8) is 0 Å². The van der Waals surface area contributed by atoms with Crippen LogP contribution in [-0.4, -0.2) is 27.8 Å². The van der Waals surface area contributed by atoms with Crippen LogP contribution in [0.3, 0.4) is 0 Å². The first kappa shape index (κ1) is 11.2. The highest BCUT2D eigenvalue weighted by Crippen LogP contribution is 2.28. The fourth-order valence-corrected chi connectivity index (χ4v) is 1.57. The molecule has 0 aliphatic rings. The Balaban J connectivity index is 2.71. The Labute approximate surface area is 97.3 Å².